The second kappa shape index (κ2) is 11.5. The monoisotopic (exact) mass is 463 g/mol. The van der Waals surface area contributed by atoms with E-state index in [1.165, 1.54) is 26.4 Å². The molecule has 3 rings (SSSR count). The fourth-order valence-electron chi connectivity index (χ4n) is 3.39. The molecule has 0 aromatic heterocycles. The minimum Gasteiger partial charge on any atom is -0.493 e. The van der Waals surface area contributed by atoms with E-state index in [1.807, 2.05) is 42.5 Å². The van der Waals surface area contributed by atoms with E-state index in [0.717, 1.165) is 11.1 Å². The van der Waals surface area contributed by atoms with Gasteiger partial charge in [-0.1, -0.05) is 42.5 Å². The highest BCUT2D eigenvalue weighted by atomic mass is 16.6. The molecule has 0 aliphatic rings. The lowest BCUT2D eigenvalue weighted by atomic mass is 10.0. The summed E-state index contributed by atoms with van der Waals surface area (Å²) in [5.41, 5.74) is 2.74. The lowest BCUT2D eigenvalue weighted by Crippen LogP contribution is -2.37. The molecule has 176 valence electrons. The highest BCUT2D eigenvalue weighted by Crippen LogP contribution is 2.34. The summed E-state index contributed by atoms with van der Waals surface area (Å²) >= 11 is 0. The van der Waals surface area contributed by atoms with Crippen LogP contribution in [0.5, 0.6) is 11.5 Å². The summed E-state index contributed by atoms with van der Waals surface area (Å²) in [7, 11) is 2.83. The number of rotatable bonds is 10. The van der Waals surface area contributed by atoms with E-state index < -0.39 is 10.8 Å². The van der Waals surface area contributed by atoms with Crippen molar-refractivity contribution >= 4 is 17.5 Å². The highest BCUT2D eigenvalue weighted by molar-refractivity contribution is 5.96. The first-order chi connectivity index (χ1) is 16.4. The Morgan fingerprint density at radius 1 is 0.882 bits per heavy atom. The first-order valence-electron chi connectivity index (χ1n) is 10.5. The molecule has 0 unspecified atom stereocenters. The van der Waals surface area contributed by atoms with Gasteiger partial charge in [-0.15, -0.1) is 0 Å². The minimum atomic E-state index is -0.512. The summed E-state index contributed by atoms with van der Waals surface area (Å²) in [4.78, 5) is 35.4. The van der Waals surface area contributed by atoms with E-state index in [1.54, 1.807) is 12.1 Å². The quantitative estimate of drug-likeness (QED) is 0.351. The second-order valence-electron chi connectivity index (χ2n) is 7.32. The smallest absolute Gasteiger partial charge is 0.276 e. The molecule has 0 radical (unpaired) electrons. The van der Waals surface area contributed by atoms with Crippen molar-refractivity contribution in [2.24, 2.45) is 0 Å². The Morgan fingerprint density at radius 3 is 2.12 bits per heavy atom. The molecule has 3 aromatic carbocycles. The van der Waals surface area contributed by atoms with Gasteiger partial charge in [0, 0.05) is 17.7 Å². The molecule has 0 heterocycles. The number of carbonyl (C=O) groups is 2. The van der Waals surface area contributed by atoms with Crippen molar-refractivity contribution in [2.45, 2.75) is 6.42 Å². The highest BCUT2D eigenvalue weighted by Gasteiger charge is 2.19. The molecule has 0 atom stereocenters. The molecular weight excluding hydrogens is 438 g/mol. The van der Waals surface area contributed by atoms with E-state index in [2.05, 4.69) is 10.6 Å². The molecule has 3 aromatic rings. The molecule has 2 N–H and O–H groups in total. The van der Waals surface area contributed by atoms with Crippen molar-refractivity contribution in [3.8, 4) is 22.6 Å². The lowest BCUT2D eigenvalue weighted by Gasteiger charge is -2.11. The van der Waals surface area contributed by atoms with Crippen LogP contribution >= 0.6 is 0 Å². The molecule has 0 saturated heterocycles. The molecule has 9 nitrogen and oxygen atoms in total. The van der Waals surface area contributed by atoms with Crippen LogP contribution in [0.2, 0.25) is 0 Å². The summed E-state index contributed by atoms with van der Waals surface area (Å²) in [5, 5.41) is 16.6. The van der Waals surface area contributed by atoms with E-state index >= 15 is 0 Å². The van der Waals surface area contributed by atoms with Crippen molar-refractivity contribution in [3.63, 3.8) is 0 Å². The molecule has 9 heteroatoms. The Hall–Kier alpha value is -4.40. The maximum absolute atomic E-state index is 12.4. The SMILES string of the molecule is COc1cc(CCNC(=O)CNC(=O)c2ccc(-c3ccccc3)cc2)c([N+](=O)[O-])cc1OC. The fraction of sp³-hybridized carbons (Fsp3) is 0.200. The summed E-state index contributed by atoms with van der Waals surface area (Å²) in [6, 6.07) is 19.7. The molecule has 34 heavy (non-hydrogen) atoms. The molecule has 0 aliphatic heterocycles. The van der Waals surface area contributed by atoms with E-state index in [4.69, 9.17) is 9.47 Å². The van der Waals surface area contributed by atoms with Crippen molar-refractivity contribution < 1.29 is 24.0 Å². The van der Waals surface area contributed by atoms with Crippen LogP contribution in [-0.4, -0.2) is 44.0 Å². The Kier molecular flexibility index (Phi) is 8.17. The maximum atomic E-state index is 12.4. The number of nitrogens with one attached hydrogen (secondary N) is 2. The number of hydrogen-bond donors (Lipinski definition) is 2. The lowest BCUT2D eigenvalue weighted by molar-refractivity contribution is -0.385. The molecule has 0 fully saturated rings. The molecule has 0 bridgehead atoms. The summed E-state index contributed by atoms with van der Waals surface area (Å²) in [5.74, 6) is -0.163. The number of carbonyl (C=O) groups excluding carboxylic acids is 2. The van der Waals surface area contributed by atoms with Gasteiger partial charge < -0.3 is 20.1 Å². The summed E-state index contributed by atoms with van der Waals surface area (Å²) in [6.45, 7) is -0.0654. The number of methoxy groups -OCH3 is 2. The number of ether oxygens (including phenoxy) is 2. The van der Waals surface area contributed by atoms with Crippen LogP contribution in [0.1, 0.15) is 15.9 Å². The predicted octanol–water partition coefficient (Wildman–Crippen LogP) is 3.37. The van der Waals surface area contributed by atoms with E-state index in [-0.39, 0.29) is 36.9 Å². The first kappa shape index (κ1) is 24.2. The minimum absolute atomic E-state index is 0.126. The third-order valence-corrected chi connectivity index (χ3v) is 5.16. The zero-order chi connectivity index (χ0) is 24.5. The van der Waals surface area contributed by atoms with Gasteiger partial charge in [-0.05, 0) is 35.7 Å². The summed E-state index contributed by atoms with van der Waals surface area (Å²) < 4.78 is 10.3. The van der Waals surface area contributed by atoms with E-state index in [9.17, 15) is 19.7 Å². The maximum Gasteiger partial charge on any atom is 0.276 e. The van der Waals surface area contributed by atoms with Gasteiger partial charge >= 0.3 is 0 Å². The Labute approximate surface area is 196 Å². The summed E-state index contributed by atoms with van der Waals surface area (Å²) in [6.07, 6.45) is 0.206. The molecular formula is C25H25N3O6. The van der Waals surface area contributed by atoms with Gasteiger partial charge in [0.2, 0.25) is 5.91 Å². The number of nitro groups is 1. The Morgan fingerprint density at radius 2 is 1.50 bits per heavy atom. The van der Waals surface area contributed by atoms with Gasteiger partial charge in [0.1, 0.15) is 0 Å². The number of nitrogens with zero attached hydrogens (tertiary/aromatic N) is 1. The van der Waals surface area contributed by atoms with Crippen LogP contribution in [0.4, 0.5) is 5.69 Å². The van der Waals surface area contributed by atoms with Crippen LogP contribution < -0.4 is 20.1 Å². The average molecular weight is 463 g/mol. The van der Waals surface area contributed by atoms with E-state index in [0.29, 0.717) is 16.9 Å². The third kappa shape index (κ3) is 6.10. The topological polar surface area (TPSA) is 120 Å². The van der Waals surface area contributed by atoms with Gasteiger partial charge in [0.05, 0.1) is 31.8 Å². The van der Waals surface area contributed by atoms with Crippen LogP contribution in [-0.2, 0) is 11.2 Å². The van der Waals surface area contributed by atoms with Gasteiger partial charge in [-0.2, -0.15) is 0 Å². The standard InChI is InChI=1S/C25H25N3O6/c1-33-22-14-20(21(28(31)32)15-23(22)34-2)12-13-26-24(29)16-27-25(30)19-10-8-18(9-11-19)17-6-4-3-5-7-17/h3-11,14-15H,12-13,16H2,1-2H3,(H,26,29)(H,27,30). The van der Waals surface area contributed by atoms with Crippen LogP contribution in [0.3, 0.4) is 0 Å². The predicted molar refractivity (Wildman–Crippen MR) is 127 cm³/mol. The zero-order valence-corrected chi connectivity index (χ0v) is 18.9. The molecule has 0 aliphatic carbocycles. The van der Waals surface area contributed by atoms with Crippen molar-refractivity contribution in [1.82, 2.24) is 10.6 Å². The van der Waals surface area contributed by atoms with Gasteiger partial charge in [-0.3, -0.25) is 19.7 Å². The van der Waals surface area contributed by atoms with Crippen LogP contribution in [0, 0.1) is 10.1 Å². The fourth-order valence-corrected chi connectivity index (χ4v) is 3.39. The zero-order valence-electron chi connectivity index (χ0n) is 18.9. The van der Waals surface area contributed by atoms with Gasteiger partial charge in [-0.25, -0.2) is 0 Å². The normalized spacial score (nSPS) is 10.3. The molecule has 2 amide bonds. The average Bonchev–Trinajstić information content (AvgIpc) is 2.87. The Bertz CT molecular complexity index is 1160. The third-order valence-electron chi connectivity index (χ3n) is 5.16. The molecule has 0 saturated carbocycles. The largest absolute Gasteiger partial charge is 0.493 e. The van der Waals surface area contributed by atoms with Crippen molar-refractivity contribution in [2.75, 3.05) is 27.3 Å². The second-order valence-corrected chi connectivity index (χ2v) is 7.32. The molecule has 0 spiro atoms. The number of nitro benzene ring substituents is 1. The number of hydrogen-bond acceptors (Lipinski definition) is 6. The van der Waals surface area contributed by atoms with Crippen LogP contribution in [0.15, 0.2) is 66.7 Å². The van der Waals surface area contributed by atoms with Crippen molar-refractivity contribution in [1.29, 1.82) is 0 Å². The van der Waals surface area contributed by atoms with Gasteiger partial charge in [0.25, 0.3) is 11.6 Å². The van der Waals surface area contributed by atoms with Crippen LogP contribution in [0.25, 0.3) is 11.1 Å². The van der Waals surface area contributed by atoms with Gasteiger partial charge in [0.15, 0.2) is 11.5 Å². The van der Waals surface area contributed by atoms with Crippen molar-refractivity contribution in [3.05, 3.63) is 88.0 Å². The number of benzene rings is 3. The number of amides is 2. The first-order valence-corrected chi connectivity index (χ1v) is 10.5. The Balaban J connectivity index is 1.51.